The van der Waals surface area contributed by atoms with Crippen molar-refractivity contribution in [1.29, 1.82) is 0 Å². The van der Waals surface area contributed by atoms with Crippen LogP contribution in [0.4, 0.5) is 0 Å². The van der Waals surface area contributed by atoms with Gasteiger partial charge in [0.2, 0.25) is 0 Å². The number of rotatable bonds is 13. The molecule has 0 amide bonds. The lowest BCUT2D eigenvalue weighted by Crippen LogP contribution is -2.33. The molecular weight excluding hydrogens is 310 g/mol. The minimum absolute atomic E-state index is 0.315. The summed E-state index contributed by atoms with van der Waals surface area (Å²) in [4.78, 5) is 0. The average molecular weight is 342 g/mol. The van der Waals surface area contributed by atoms with Crippen molar-refractivity contribution in [3.05, 3.63) is 30.3 Å². The van der Waals surface area contributed by atoms with Crippen LogP contribution in [0.25, 0.3) is 0 Å². The lowest BCUT2D eigenvalue weighted by Gasteiger charge is -2.13. The summed E-state index contributed by atoms with van der Waals surface area (Å²) >= 11 is 0. The molecular formula is C18H31NO3S. The number of unbranched alkanes of at least 4 members (excludes halogenated alkanes) is 8. The topological polar surface area (TPSA) is 69.4 Å². The molecule has 0 fully saturated rings. The highest BCUT2D eigenvalue weighted by Gasteiger charge is 2.22. The van der Waals surface area contributed by atoms with Crippen molar-refractivity contribution in [1.82, 2.24) is 0 Å². The lowest BCUT2D eigenvalue weighted by molar-refractivity contribution is 0.461. The number of para-hydroxylation sites is 1. The summed E-state index contributed by atoms with van der Waals surface area (Å²) in [6.45, 7) is 2.22. The predicted octanol–water partition coefficient (Wildman–Crippen LogP) is 4.60. The van der Waals surface area contributed by atoms with E-state index < -0.39 is 15.5 Å². The zero-order chi connectivity index (χ0) is 17.0. The van der Waals surface area contributed by atoms with E-state index in [1.807, 2.05) is 6.07 Å². The Morgan fingerprint density at radius 2 is 1.43 bits per heavy atom. The fourth-order valence-electron chi connectivity index (χ4n) is 2.47. The second-order valence-electron chi connectivity index (χ2n) is 6.04. The minimum atomic E-state index is -3.74. The lowest BCUT2D eigenvalue weighted by atomic mass is 10.1. The fourth-order valence-corrected chi connectivity index (χ4v) is 3.43. The molecule has 0 aliphatic carbocycles. The summed E-state index contributed by atoms with van der Waals surface area (Å²) in [5, 5.41) is -0.952. The summed E-state index contributed by atoms with van der Waals surface area (Å²) in [5.74, 6) is 0.315. The zero-order valence-corrected chi connectivity index (χ0v) is 15.1. The van der Waals surface area contributed by atoms with Gasteiger partial charge in [0.25, 0.3) is 0 Å². The van der Waals surface area contributed by atoms with Gasteiger partial charge in [-0.1, -0.05) is 82.9 Å². The molecule has 132 valence electrons. The number of benzene rings is 1. The molecule has 1 aromatic rings. The van der Waals surface area contributed by atoms with Crippen LogP contribution in [0.15, 0.2) is 30.3 Å². The van der Waals surface area contributed by atoms with Crippen LogP contribution in [-0.4, -0.2) is 13.8 Å². The molecule has 1 atom stereocenters. The van der Waals surface area contributed by atoms with Gasteiger partial charge in [0, 0.05) is 0 Å². The molecule has 4 nitrogen and oxygen atoms in total. The Morgan fingerprint density at radius 3 is 2.00 bits per heavy atom. The SMILES string of the molecule is CCCCCCCCCCCC(N)S(=O)(=O)Oc1ccccc1. The van der Waals surface area contributed by atoms with Crippen molar-refractivity contribution in [2.75, 3.05) is 0 Å². The van der Waals surface area contributed by atoms with Gasteiger partial charge in [-0.3, -0.25) is 0 Å². The molecule has 1 unspecified atom stereocenters. The van der Waals surface area contributed by atoms with Crippen LogP contribution in [0.5, 0.6) is 5.75 Å². The Hall–Kier alpha value is -1.07. The molecule has 23 heavy (non-hydrogen) atoms. The van der Waals surface area contributed by atoms with Crippen LogP contribution < -0.4 is 9.92 Å². The Balaban J connectivity index is 2.14. The molecule has 0 aromatic heterocycles. The summed E-state index contributed by atoms with van der Waals surface area (Å²) in [6.07, 6.45) is 11.2. The second kappa shape index (κ2) is 11.5. The van der Waals surface area contributed by atoms with Gasteiger partial charge in [-0.25, -0.2) is 0 Å². The first-order valence-electron chi connectivity index (χ1n) is 8.80. The van der Waals surface area contributed by atoms with Gasteiger partial charge in [-0.05, 0) is 18.6 Å². The van der Waals surface area contributed by atoms with E-state index in [1.54, 1.807) is 24.3 Å². The van der Waals surface area contributed by atoms with E-state index in [1.165, 1.54) is 38.5 Å². The summed E-state index contributed by atoms with van der Waals surface area (Å²) in [5.41, 5.74) is 5.78. The monoisotopic (exact) mass is 341 g/mol. The van der Waals surface area contributed by atoms with Crippen LogP contribution in [0.1, 0.15) is 71.1 Å². The molecule has 0 bridgehead atoms. The molecule has 1 aromatic carbocycles. The van der Waals surface area contributed by atoms with E-state index in [0.717, 1.165) is 19.3 Å². The summed E-state index contributed by atoms with van der Waals surface area (Å²) in [6, 6.07) is 8.50. The standard InChI is InChI=1S/C18H31NO3S/c1-2-3-4-5-6-7-8-9-13-16-18(19)23(20,21)22-17-14-11-10-12-15-17/h10-12,14-15,18H,2-9,13,16,19H2,1H3. The predicted molar refractivity (Wildman–Crippen MR) is 95.8 cm³/mol. The largest absolute Gasteiger partial charge is 0.381 e. The molecule has 5 heteroatoms. The Kier molecular flexibility index (Phi) is 9.96. The van der Waals surface area contributed by atoms with Gasteiger partial charge in [0.15, 0.2) is 0 Å². The van der Waals surface area contributed by atoms with Crippen molar-refractivity contribution in [3.8, 4) is 5.75 Å². The van der Waals surface area contributed by atoms with Crippen molar-refractivity contribution >= 4 is 10.1 Å². The van der Waals surface area contributed by atoms with E-state index >= 15 is 0 Å². The van der Waals surface area contributed by atoms with Crippen molar-refractivity contribution < 1.29 is 12.6 Å². The fraction of sp³-hybridized carbons (Fsp3) is 0.667. The Bertz CT molecular complexity index is 502. The molecule has 0 aliphatic rings. The maximum atomic E-state index is 12.0. The number of hydrogen-bond donors (Lipinski definition) is 1. The molecule has 0 saturated heterocycles. The number of hydrogen-bond acceptors (Lipinski definition) is 4. The molecule has 0 aliphatic heterocycles. The Labute approximate surface area is 141 Å². The Morgan fingerprint density at radius 1 is 0.913 bits per heavy atom. The highest BCUT2D eigenvalue weighted by atomic mass is 32.2. The maximum absolute atomic E-state index is 12.0. The van der Waals surface area contributed by atoms with Gasteiger partial charge in [0.1, 0.15) is 11.1 Å². The van der Waals surface area contributed by atoms with Gasteiger partial charge in [-0.15, -0.1) is 0 Å². The second-order valence-corrected chi connectivity index (χ2v) is 7.80. The first-order valence-corrected chi connectivity index (χ1v) is 10.3. The van der Waals surface area contributed by atoms with Gasteiger partial charge in [-0.2, -0.15) is 8.42 Å². The average Bonchev–Trinajstić information content (AvgIpc) is 2.53. The number of nitrogens with two attached hydrogens (primary N) is 1. The van der Waals surface area contributed by atoms with Gasteiger partial charge in [0.05, 0.1) is 0 Å². The molecule has 0 spiro atoms. The third kappa shape index (κ3) is 8.96. The van der Waals surface area contributed by atoms with Crippen LogP contribution >= 0.6 is 0 Å². The summed E-state index contributed by atoms with van der Waals surface area (Å²) in [7, 11) is -3.74. The van der Waals surface area contributed by atoms with Gasteiger partial charge >= 0.3 is 10.1 Å². The molecule has 0 radical (unpaired) electrons. The van der Waals surface area contributed by atoms with Crippen LogP contribution in [0.2, 0.25) is 0 Å². The highest BCUT2D eigenvalue weighted by Crippen LogP contribution is 2.16. The van der Waals surface area contributed by atoms with E-state index in [2.05, 4.69) is 6.92 Å². The minimum Gasteiger partial charge on any atom is -0.381 e. The van der Waals surface area contributed by atoms with E-state index in [9.17, 15) is 8.42 Å². The van der Waals surface area contributed by atoms with Gasteiger partial charge < -0.3 is 9.92 Å². The maximum Gasteiger partial charge on any atom is 0.325 e. The first-order chi connectivity index (χ1) is 11.1. The third-order valence-corrected chi connectivity index (χ3v) is 5.32. The van der Waals surface area contributed by atoms with Crippen LogP contribution in [-0.2, 0) is 10.1 Å². The van der Waals surface area contributed by atoms with E-state index in [4.69, 9.17) is 9.92 Å². The molecule has 2 N–H and O–H groups in total. The van der Waals surface area contributed by atoms with Crippen molar-refractivity contribution in [2.45, 2.75) is 76.5 Å². The smallest absolute Gasteiger partial charge is 0.325 e. The quantitative estimate of drug-likeness (QED) is 0.420. The molecule has 0 heterocycles. The zero-order valence-electron chi connectivity index (χ0n) is 14.2. The van der Waals surface area contributed by atoms with Crippen molar-refractivity contribution in [2.24, 2.45) is 5.73 Å². The van der Waals surface area contributed by atoms with Crippen LogP contribution in [0.3, 0.4) is 0 Å². The first kappa shape index (κ1) is 20.0. The van der Waals surface area contributed by atoms with E-state index in [-0.39, 0.29) is 0 Å². The molecule has 0 saturated carbocycles. The van der Waals surface area contributed by atoms with Crippen molar-refractivity contribution in [3.63, 3.8) is 0 Å². The third-order valence-electron chi connectivity index (χ3n) is 3.92. The van der Waals surface area contributed by atoms with E-state index in [0.29, 0.717) is 12.2 Å². The highest BCUT2D eigenvalue weighted by molar-refractivity contribution is 7.87. The summed E-state index contributed by atoms with van der Waals surface area (Å²) < 4.78 is 29.1. The normalized spacial score (nSPS) is 13.0. The molecule has 1 rings (SSSR count). The van der Waals surface area contributed by atoms with Crippen LogP contribution in [0, 0.1) is 0 Å².